The molecule has 0 fully saturated rings. The molecule has 1 nitrogen and oxygen atoms in total. The van der Waals surface area contributed by atoms with Crippen LogP contribution < -0.4 is 0 Å². The Morgan fingerprint density at radius 1 is 1.33 bits per heavy atom. The molecule has 0 atom stereocenters. The standard InChI is InChI=1S/C12H15ClOSe/c1-2-3-8-15-9-12(14)10-4-6-11(13)7-5-10/h4-7H,2-3,8-9H2,1H3. The average molecular weight is 290 g/mol. The van der Waals surface area contributed by atoms with Gasteiger partial charge in [-0.3, -0.25) is 0 Å². The Kier molecular flexibility index (Phi) is 6.00. The van der Waals surface area contributed by atoms with Crippen LogP contribution in [0.5, 0.6) is 0 Å². The molecule has 1 rings (SSSR count). The molecule has 82 valence electrons. The van der Waals surface area contributed by atoms with Crippen molar-refractivity contribution in [3.63, 3.8) is 0 Å². The number of unbranched alkanes of at least 4 members (excludes halogenated alkanes) is 1. The van der Waals surface area contributed by atoms with E-state index in [0.29, 0.717) is 25.3 Å². The summed E-state index contributed by atoms with van der Waals surface area (Å²) in [6, 6.07) is 7.16. The fraction of sp³-hybridized carbons (Fsp3) is 0.417. The van der Waals surface area contributed by atoms with Crippen LogP contribution in [0.3, 0.4) is 0 Å². The number of rotatable bonds is 6. The van der Waals surface area contributed by atoms with Crippen LogP contribution in [0.2, 0.25) is 15.7 Å². The molecule has 15 heavy (non-hydrogen) atoms. The predicted octanol–water partition coefficient (Wildman–Crippen LogP) is 3.86. The number of hydrogen-bond donors (Lipinski definition) is 0. The van der Waals surface area contributed by atoms with Crippen molar-refractivity contribution in [1.29, 1.82) is 0 Å². The molecule has 0 aliphatic heterocycles. The molecule has 0 aliphatic carbocycles. The molecule has 0 saturated carbocycles. The van der Waals surface area contributed by atoms with Crippen molar-refractivity contribution in [1.82, 2.24) is 0 Å². The topological polar surface area (TPSA) is 17.1 Å². The van der Waals surface area contributed by atoms with Crippen molar-refractivity contribution in [3.8, 4) is 0 Å². The van der Waals surface area contributed by atoms with Crippen molar-refractivity contribution in [3.05, 3.63) is 34.9 Å². The third-order valence-corrected chi connectivity index (χ3v) is 4.48. The molecular formula is C12H15ClOSe. The van der Waals surface area contributed by atoms with Gasteiger partial charge in [-0.2, -0.15) is 0 Å². The average Bonchev–Trinajstić information content (AvgIpc) is 2.25. The van der Waals surface area contributed by atoms with Crippen molar-refractivity contribution in [2.24, 2.45) is 0 Å². The van der Waals surface area contributed by atoms with Crippen molar-refractivity contribution in [2.75, 3.05) is 0 Å². The van der Waals surface area contributed by atoms with Crippen LogP contribution >= 0.6 is 11.6 Å². The zero-order chi connectivity index (χ0) is 11.1. The van der Waals surface area contributed by atoms with Crippen LogP contribution in [0, 0.1) is 0 Å². The van der Waals surface area contributed by atoms with E-state index >= 15 is 0 Å². The van der Waals surface area contributed by atoms with Crippen molar-refractivity contribution < 1.29 is 4.79 Å². The first-order valence-electron chi connectivity index (χ1n) is 5.10. The van der Waals surface area contributed by atoms with Gasteiger partial charge in [-0.25, -0.2) is 0 Å². The molecule has 0 spiro atoms. The Morgan fingerprint density at radius 2 is 2.00 bits per heavy atom. The SMILES string of the molecule is CCCC[Se]CC(=O)c1ccc(Cl)cc1. The normalized spacial score (nSPS) is 10.3. The molecule has 1 aromatic rings. The van der Waals surface area contributed by atoms with E-state index in [1.165, 1.54) is 18.2 Å². The minimum absolute atomic E-state index is 0.253. The third-order valence-electron chi connectivity index (χ3n) is 2.04. The number of hydrogen-bond acceptors (Lipinski definition) is 1. The fourth-order valence-corrected chi connectivity index (χ4v) is 3.33. The van der Waals surface area contributed by atoms with Gasteiger partial charge in [-0.15, -0.1) is 0 Å². The van der Waals surface area contributed by atoms with Crippen molar-refractivity contribution in [2.45, 2.75) is 30.4 Å². The van der Waals surface area contributed by atoms with Gasteiger partial charge in [0.15, 0.2) is 0 Å². The zero-order valence-electron chi connectivity index (χ0n) is 8.83. The number of benzene rings is 1. The second-order valence-electron chi connectivity index (χ2n) is 3.34. The molecule has 0 bridgehead atoms. The summed E-state index contributed by atoms with van der Waals surface area (Å²) in [4.78, 5) is 11.7. The van der Waals surface area contributed by atoms with Gasteiger partial charge in [0, 0.05) is 0 Å². The van der Waals surface area contributed by atoms with E-state index < -0.39 is 0 Å². The summed E-state index contributed by atoms with van der Waals surface area (Å²) in [7, 11) is 0. The summed E-state index contributed by atoms with van der Waals surface area (Å²) in [5.74, 6) is 0.253. The first kappa shape index (κ1) is 12.8. The van der Waals surface area contributed by atoms with E-state index in [-0.39, 0.29) is 5.78 Å². The molecule has 0 aliphatic rings. The van der Waals surface area contributed by atoms with Crippen LogP contribution in [0.25, 0.3) is 0 Å². The van der Waals surface area contributed by atoms with E-state index in [2.05, 4.69) is 6.92 Å². The van der Waals surface area contributed by atoms with E-state index in [1.54, 1.807) is 24.3 Å². The molecule has 0 saturated heterocycles. The van der Waals surface area contributed by atoms with Gasteiger partial charge in [-0.05, 0) is 0 Å². The van der Waals surface area contributed by atoms with E-state index in [1.807, 2.05) is 0 Å². The van der Waals surface area contributed by atoms with Crippen LogP contribution in [0.1, 0.15) is 30.1 Å². The van der Waals surface area contributed by atoms with Crippen molar-refractivity contribution >= 4 is 32.3 Å². The first-order chi connectivity index (χ1) is 7.24. The Morgan fingerprint density at radius 3 is 2.60 bits per heavy atom. The molecule has 3 heteroatoms. The van der Waals surface area contributed by atoms with E-state index in [4.69, 9.17) is 11.6 Å². The summed E-state index contributed by atoms with van der Waals surface area (Å²) in [5.41, 5.74) is 0.790. The summed E-state index contributed by atoms with van der Waals surface area (Å²) >= 11 is 6.22. The summed E-state index contributed by atoms with van der Waals surface area (Å²) in [6.45, 7) is 2.18. The van der Waals surface area contributed by atoms with Gasteiger partial charge < -0.3 is 0 Å². The quantitative estimate of drug-likeness (QED) is 0.441. The molecular weight excluding hydrogens is 275 g/mol. The van der Waals surface area contributed by atoms with Gasteiger partial charge in [0.2, 0.25) is 0 Å². The zero-order valence-corrected chi connectivity index (χ0v) is 11.3. The molecule has 0 N–H and O–H groups in total. The number of Topliss-reactive ketones (excluding diaryl/α,β-unsaturated/α-hetero) is 1. The molecule has 0 heterocycles. The predicted molar refractivity (Wildman–Crippen MR) is 66.1 cm³/mol. The van der Waals surface area contributed by atoms with Crippen LogP contribution in [-0.4, -0.2) is 20.7 Å². The maximum absolute atomic E-state index is 11.7. The maximum atomic E-state index is 11.7. The third kappa shape index (κ3) is 4.83. The molecule has 1 aromatic carbocycles. The second kappa shape index (κ2) is 7.05. The number of carbonyl (C=O) groups excluding carboxylic acids is 1. The number of ketones is 1. The minimum atomic E-state index is 0.253. The molecule has 0 radical (unpaired) electrons. The van der Waals surface area contributed by atoms with E-state index in [0.717, 1.165) is 5.56 Å². The monoisotopic (exact) mass is 290 g/mol. The number of carbonyl (C=O) groups is 1. The Labute approximate surface area is 102 Å². The second-order valence-corrected chi connectivity index (χ2v) is 6.09. The van der Waals surface area contributed by atoms with Gasteiger partial charge in [-0.1, -0.05) is 0 Å². The van der Waals surface area contributed by atoms with Gasteiger partial charge in [0.1, 0.15) is 0 Å². The van der Waals surface area contributed by atoms with Crippen LogP contribution in [0.15, 0.2) is 24.3 Å². The fourth-order valence-electron chi connectivity index (χ4n) is 1.13. The summed E-state index contributed by atoms with van der Waals surface area (Å²) in [5, 5.41) is 2.61. The Bertz CT molecular complexity index is 308. The summed E-state index contributed by atoms with van der Waals surface area (Å²) in [6.07, 6.45) is 2.46. The molecule has 0 aromatic heterocycles. The Hall–Kier alpha value is -0.301. The van der Waals surface area contributed by atoms with E-state index in [9.17, 15) is 4.79 Å². The van der Waals surface area contributed by atoms with Gasteiger partial charge in [0.05, 0.1) is 0 Å². The number of halogens is 1. The summed E-state index contributed by atoms with van der Waals surface area (Å²) < 4.78 is 0. The molecule has 0 unspecified atom stereocenters. The van der Waals surface area contributed by atoms with Gasteiger partial charge in [0.25, 0.3) is 0 Å². The molecule has 0 amide bonds. The first-order valence-corrected chi connectivity index (χ1v) is 7.90. The van der Waals surface area contributed by atoms with Gasteiger partial charge >= 0.3 is 102 Å². The van der Waals surface area contributed by atoms with Crippen LogP contribution in [-0.2, 0) is 0 Å². The van der Waals surface area contributed by atoms with Crippen LogP contribution in [0.4, 0.5) is 0 Å². The Balaban J connectivity index is 2.37.